The van der Waals surface area contributed by atoms with Gasteiger partial charge in [-0.15, -0.1) is 5.10 Å². The summed E-state index contributed by atoms with van der Waals surface area (Å²) in [6.07, 6.45) is 0.722. The summed E-state index contributed by atoms with van der Waals surface area (Å²) in [5, 5.41) is 10.4. The lowest BCUT2D eigenvalue weighted by Gasteiger charge is -2.30. The lowest BCUT2D eigenvalue weighted by Crippen LogP contribution is -2.41. The third-order valence-electron chi connectivity index (χ3n) is 6.02. The SMILES string of the molecule is Cc1ccc(S(=O)(=O)N2CCC(C(=O)Nc3nnc(-c4ccc(S(=O)(=O)N(C)C)cc4)o3)CC2)cc1. The first-order valence-electron chi connectivity index (χ1n) is 11.2. The fraction of sp³-hybridized carbons (Fsp3) is 0.348. The Kier molecular flexibility index (Phi) is 7.27. The number of carbonyl (C=O) groups is 1. The van der Waals surface area contributed by atoms with Gasteiger partial charge in [-0.1, -0.05) is 22.8 Å². The quantitative estimate of drug-likeness (QED) is 0.488. The average Bonchev–Trinajstić information content (AvgIpc) is 3.33. The fourth-order valence-corrected chi connectivity index (χ4v) is 6.17. The van der Waals surface area contributed by atoms with Crippen LogP contribution in [0.15, 0.2) is 62.7 Å². The molecule has 1 fully saturated rings. The normalized spacial score (nSPS) is 15.8. The number of hydrogen-bond donors (Lipinski definition) is 1. The molecule has 1 amide bonds. The van der Waals surface area contributed by atoms with Crippen molar-refractivity contribution in [2.45, 2.75) is 29.6 Å². The van der Waals surface area contributed by atoms with E-state index < -0.39 is 26.0 Å². The molecule has 4 rings (SSSR count). The molecule has 11 nitrogen and oxygen atoms in total. The third-order valence-corrected chi connectivity index (χ3v) is 9.76. The number of hydrogen-bond acceptors (Lipinski definition) is 8. The molecule has 36 heavy (non-hydrogen) atoms. The van der Waals surface area contributed by atoms with Gasteiger partial charge in [0, 0.05) is 38.7 Å². The van der Waals surface area contributed by atoms with E-state index in [2.05, 4.69) is 15.5 Å². The second-order valence-corrected chi connectivity index (χ2v) is 12.8. The zero-order valence-corrected chi connectivity index (χ0v) is 21.7. The van der Waals surface area contributed by atoms with Crippen LogP contribution in [0.4, 0.5) is 6.01 Å². The van der Waals surface area contributed by atoms with Crippen LogP contribution in [0.5, 0.6) is 0 Å². The lowest BCUT2D eigenvalue weighted by atomic mass is 9.97. The number of piperidine rings is 1. The average molecular weight is 534 g/mol. The molecule has 0 saturated carbocycles. The standard InChI is InChI=1S/C23H27N5O6S2/c1-16-4-8-20(9-5-16)36(32,33)28-14-12-17(13-15-28)21(29)24-23-26-25-22(34-23)18-6-10-19(11-7-18)35(30,31)27(2)3/h4-11,17H,12-15H2,1-3H3,(H,24,26,29). The van der Waals surface area contributed by atoms with Crippen LogP contribution in [0, 0.1) is 12.8 Å². The molecule has 0 radical (unpaired) electrons. The summed E-state index contributed by atoms with van der Waals surface area (Å²) in [5.74, 6) is -0.608. The zero-order chi connectivity index (χ0) is 26.1. The van der Waals surface area contributed by atoms with Crippen LogP contribution >= 0.6 is 0 Å². The molecular formula is C23H27N5O6S2. The van der Waals surface area contributed by atoms with E-state index in [0.717, 1.165) is 9.87 Å². The second-order valence-electron chi connectivity index (χ2n) is 8.70. The van der Waals surface area contributed by atoms with E-state index in [-0.39, 0.29) is 40.7 Å². The van der Waals surface area contributed by atoms with Gasteiger partial charge in [-0.25, -0.2) is 21.1 Å². The molecule has 192 valence electrons. The highest BCUT2D eigenvalue weighted by Gasteiger charge is 2.32. The van der Waals surface area contributed by atoms with E-state index in [9.17, 15) is 21.6 Å². The maximum absolute atomic E-state index is 12.9. The van der Waals surface area contributed by atoms with Crippen LogP contribution in [-0.2, 0) is 24.8 Å². The first-order chi connectivity index (χ1) is 17.0. The van der Waals surface area contributed by atoms with Gasteiger partial charge in [0.2, 0.25) is 31.8 Å². The topological polar surface area (TPSA) is 143 Å². The minimum Gasteiger partial charge on any atom is -0.403 e. The summed E-state index contributed by atoms with van der Waals surface area (Å²) in [4.78, 5) is 13.1. The molecule has 1 aromatic heterocycles. The van der Waals surface area contributed by atoms with Crippen LogP contribution in [-0.4, -0.2) is 68.7 Å². The second kappa shape index (κ2) is 10.1. The highest BCUT2D eigenvalue weighted by molar-refractivity contribution is 7.89. The Bertz CT molecular complexity index is 1440. The molecule has 0 atom stereocenters. The molecule has 1 aliphatic rings. The number of nitrogens with one attached hydrogen (secondary N) is 1. The summed E-state index contributed by atoms with van der Waals surface area (Å²) < 4.78 is 58.2. The molecule has 2 aromatic carbocycles. The van der Waals surface area contributed by atoms with Crippen molar-refractivity contribution in [2.24, 2.45) is 5.92 Å². The molecule has 2 heterocycles. The molecule has 3 aromatic rings. The Hall–Kier alpha value is -3.13. The summed E-state index contributed by atoms with van der Waals surface area (Å²) in [6.45, 7) is 2.35. The van der Waals surface area contributed by atoms with E-state index in [1.807, 2.05) is 6.92 Å². The molecule has 13 heteroatoms. The van der Waals surface area contributed by atoms with Crippen LogP contribution in [0.1, 0.15) is 18.4 Å². The number of sulfonamides is 2. The van der Waals surface area contributed by atoms with Crippen LogP contribution < -0.4 is 5.32 Å². The van der Waals surface area contributed by atoms with Crippen LogP contribution in [0.2, 0.25) is 0 Å². The van der Waals surface area contributed by atoms with Crippen molar-refractivity contribution < 1.29 is 26.0 Å². The first kappa shape index (κ1) is 25.9. The van der Waals surface area contributed by atoms with Gasteiger partial charge in [0.1, 0.15) is 0 Å². The first-order valence-corrected chi connectivity index (χ1v) is 14.1. The minimum absolute atomic E-state index is 0.0882. The highest BCUT2D eigenvalue weighted by atomic mass is 32.2. The van der Waals surface area contributed by atoms with Gasteiger partial charge in [-0.3, -0.25) is 10.1 Å². The number of carbonyl (C=O) groups excluding carboxylic acids is 1. The Morgan fingerprint density at radius 2 is 1.53 bits per heavy atom. The number of rotatable bonds is 7. The Balaban J connectivity index is 1.36. The van der Waals surface area contributed by atoms with E-state index in [1.165, 1.54) is 30.5 Å². The summed E-state index contributed by atoms with van der Waals surface area (Å²) in [7, 11) is -4.28. The molecule has 0 unspecified atom stereocenters. The minimum atomic E-state index is -3.61. The van der Waals surface area contributed by atoms with E-state index in [0.29, 0.717) is 18.4 Å². The van der Waals surface area contributed by atoms with Crippen molar-refractivity contribution in [3.63, 3.8) is 0 Å². The molecule has 1 saturated heterocycles. The van der Waals surface area contributed by atoms with Crippen molar-refractivity contribution in [1.29, 1.82) is 0 Å². The predicted octanol–water partition coefficient (Wildman–Crippen LogP) is 2.33. The maximum Gasteiger partial charge on any atom is 0.322 e. The van der Waals surface area contributed by atoms with Crippen molar-refractivity contribution in [2.75, 3.05) is 32.5 Å². The maximum atomic E-state index is 12.9. The van der Waals surface area contributed by atoms with Crippen molar-refractivity contribution in [3.8, 4) is 11.5 Å². The smallest absolute Gasteiger partial charge is 0.322 e. The molecule has 0 aliphatic carbocycles. The number of amides is 1. The van der Waals surface area contributed by atoms with Gasteiger partial charge in [-0.2, -0.15) is 4.31 Å². The largest absolute Gasteiger partial charge is 0.403 e. The van der Waals surface area contributed by atoms with Gasteiger partial charge in [0.05, 0.1) is 9.79 Å². The highest BCUT2D eigenvalue weighted by Crippen LogP contribution is 2.26. The molecular weight excluding hydrogens is 506 g/mol. The molecule has 1 N–H and O–H groups in total. The van der Waals surface area contributed by atoms with Gasteiger partial charge in [-0.05, 0) is 56.2 Å². The number of benzene rings is 2. The Morgan fingerprint density at radius 3 is 2.11 bits per heavy atom. The lowest BCUT2D eigenvalue weighted by molar-refractivity contribution is -0.121. The van der Waals surface area contributed by atoms with E-state index in [1.54, 1.807) is 36.4 Å². The van der Waals surface area contributed by atoms with E-state index >= 15 is 0 Å². The monoisotopic (exact) mass is 533 g/mol. The number of anilines is 1. The number of aryl methyl sites for hydroxylation is 1. The number of aromatic nitrogens is 2. The fourth-order valence-electron chi connectivity index (χ4n) is 3.80. The summed E-state index contributed by atoms with van der Waals surface area (Å²) in [6, 6.07) is 12.6. The van der Waals surface area contributed by atoms with Crippen LogP contribution in [0.3, 0.4) is 0 Å². The molecule has 0 bridgehead atoms. The Morgan fingerprint density at radius 1 is 0.944 bits per heavy atom. The van der Waals surface area contributed by atoms with Gasteiger partial charge in [0.15, 0.2) is 0 Å². The van der Waals surface area contributed by atoms with Crippen molar-refractivity contribution in [3.05, 3.63) is 54.1 Å². The number of nitrogens with zero attached hydrogens (tertiary/aromatic N) is 4. The van der Waals surface area contributed by atoms with Crippen LogP contribution in [0.25, 0.3) is 11.5 Å². The van der Waals surface area contributed by atoms with Gasteiger partial charge >= 0.3 is 6.01 Å². The van der Waals surface area contributed by atoms with Gasteiger partial charge in [0.25, 0.3) is 0 Å². The summed E-state index contributed by atoms with van der Waals surface area (Å²) >= 11 is 0. The van der Waals surface area contributed by atoms with Crippen molar-refractivity contribution >= 4 is 32.0 Å². The third kappa shape index (κ3) is 5.33. The zero-order valence-electron chi connectivity index (χ0n) is 20.1. The predicted molar refractivity (Wildman–Crippen MR) is 132 cm³/mol. The van der Waals surface area contributed by atoms with Crippen molar-refractivity contribution in [1.82, 2.24) is 18.8 Å². The van der Waals surface area contributed by atoms with E-state index in [4.69, 9.17) is 4.42 Å². The van der Waals surface area contributed by atoms with Gasteiger partial charge < -0.3 is 4.42 Å². The molecule has 1 aliphatic heterocycles. The molecule has 0 spiro atoms. The Labute approximate surface area is 210 Å². The summed E-state index contributed by atoms with van der Waals surface area (Å²) in [5.41, 5.74) is 1.47.